The van der Waals surface area contributed by atoms with Crippen LogP contribution in [-0.4, -0.2) is 39.1 Å². The molecule has 2 amide bonds. The summed E-state index contributed by atoms with van der Waals surface area (Å²) in [5, 5.41) is 2.14. The van der Waals surface area contributed by atoms with E-state index in [2.05, 4.69) is 5.32 Å². The van der Waals surface area contributed by atoms with Gasteiger partial charge in [-0.2, -0.15) is 0 Å². The van der Waals surface area contributed by atoms with Gasteiger partial charge in [-0.15, -0.1) is 0 Å². The molecule has 0 unspecified atom stereocenters. The maximum Gasteiger partial charge on any atom is 0.252 e. The molecule has 0 aromatic heterocycles. The number of sulfonamides is 1. The first-order valence-electron chi connectivity index (χ1n) is 3.91. The van der Waals surface area contributed by atoms with Gasteiger partial charge in [0, 0.05) is 0 Å². The van der Waals surface area contributed by atoms with E-state index in [9.17, 15) is 18.0 Å². The van der Waals surface area contributed by atoms with Crippen LogP contribution in [0.3, 0.4) is 0 Å². The van der Waals surface area contributed by atoms with Gasteiger partial charge in [0.2, 0.25) is 15.9 Å². The molecule has 0 aliphatic heterocycles. The third-order valence-electron chi connectivity index (χ3n) is 1.28. The lowest BCUT2D eigenvalue weighted by Crippen LogP contribution is -2.42. The van der Waals surface area contributed by atoms with E-state index in [1.807, 2.05) is 0 Å². The Kier molecular flexibility index (Phi) is 5.10. The summed E-state index contributed by atoms with van der Waals surface area (Å²) in [6.07, 6.45) is 0. The Balaban J connectivity index is 3.95. The lowest BCUT2D eigenvalue weighted by atomic mass is 10.5. The van der Waals surface area contributed by atoms with Crippen molar-refractivity contribution in [2.45, 2.75) is 6.92 Å². The fourth-order valence-corrected chi connectivity index (χ4v) is 1.10. The van der Waals surface area contributed by atoms with E-state index < -0.39 is 28.4 Å². The number of rotatable bonds is 5. The van der Waals surface area contributed by atoms with Gasteiger partial charge in [0.1, 0.15) is 0 Å². The third-order valence-corrected chi connectivity index (χ3v) is 2.58. The van der Waals surface area contributed by atoms with Crippen molar-refractivity contribution in [1.29, 1.82) is 0 Å². The maximum atomic E-state index is 10.9. The van der Waals surface area contributed by atoms with Crippen molar-refractivity contribution < 1.29 is 18.0 Å². The van der Waals surface area contributed by atoms with Crippen LogP contribution in [0.4, 0.5) is 0 Å². The molecule has 0 spiro atoms. The van der Waals surface area contributed by atoms with E-state index >= 15 is 0 Å². The lowest BCUT2D eigenvalue weighted by Gasteiger charge is -2.05. The molecule has 0 radical (unpaired) electrons. The van der Waals surface area contributed by atoms with Crippen LogP contribution in [0, 0.1) is 0 Å². The Morgan fingerprint density at radius 2 is 1.86 bits per heavy atom. The third kappa shape index (κ3) is 5.49. The number of carbonyl (C=O) groups is 2. The van der Waals surface area contributed by atoms with Crippen molar-refractivity contribution >= 4 is 21.8 Å². The molecule has 0 rings (SSSR count). The standard InChI is InChI=1S/C6H13N3O4S/c1-2-14(12,13)9-6(11)4-8-5(10)3-7/h2-4,7H2,1H3,(H,8,10)(H,9,11). The first-order valence-corrected chi connectivity index (χ1v) is 5.56. The SMILES string of the molecule is CCS(=O)(=O)NC(=O)CNC(=O)CN. The maximum absolute atomic E-state index is 10.9. The van der Waals surface area contributed by atoms with Gasteiger partial charge in [-0.25, -0.2) is 8.42 Å². The summed E-state index contributed by atoms with van der Waals surface area (Å²) in [5.41, 5.74) is 4.95. The molecule has 82 valence electrons. The van der Waals surface area contributed by atoms with Crippen molar-refractivity contribution in [1.82, 2.24) is 10.0 Å². The molecular formula is C6H13N3O4S. The highest BCUT2D eigenvalue weighted by Crippen LogP contribution is 1.81. The summed E-state index contributed by atoms with van der Waals surface area (Å²) in [5.74, 6) is -1.49. The van der Waals surface area contributed by atoms with Crippen molar-refractivity contribution in [3.05, 3.63) is 0 Å². The molecule has 0 aromatic rings. The van der Waals surface area contributed by atoms with Crippen LogP contribution in [0.15, 0.2) is 0 Å². The normalized spacial score (nSPS) is 10.7. The van der Waals surface area contributed by atoms with Crippen molar-refractivity contribution in [2.75, 3.05) is 18.8 Å². The second-order valence-corrected chi connectivity index (χ2v) is 4.42. The molecule has 0 atom stereocenters. The fourth-order valence-electron chi connectivity index (χ4n) is 0.533. The van der Waals surface area contributed by atoms with Crippen LogP contribution in [-0.2, 0) is 19.6 Å². The predicted octanol–water partition coefficient (Wildman–Crippen LogP) is -2.47. The number of hydrogen-bond acceptors (Lipinski definition) is 5. The summed E-state index contributed by atoms with van der Waals surface area (Å²) in [6.45, 7) is 0.761. The minimum atomic E-state index is -3.56. The predicted molar refractivity (Wildman–Crippen MR) is 49.7 cm³/mol. The Labute approximate surface area is 82.1 Å². The Hall–Kier alpha value is -1.15. The summed E-state index contributed by atoms with van der Waals surface area (Å²) in [7, 11) is -3.56. The Morgan fingerprint density at radius 3 is 2.29 bits per heavy atom. The molecule has 0 aromatic carbocycles. The minimum Gasteiger partial charge on any atom is -0.346 e. The zero-order valence-corrected chi connectivity index (χ0v) is 8.56. The van der Waals surface area contributed by atoms with Gasteiger partial charge < -0.3 is 11.1 Å². The smallest absolute Gasteiger partial charge is 0.252 e. The van der Waals surface area contributed by atoms with Gasteiger partial charge in [-0.3, -0.25) is 14.3 Å². The average molecular weight is 223 g/mol. The molecule has 0 saturated heterocycles. The summed E-state index contributed by atoms with van der Waals surface area (Å²) < 4.78 is 23.5. The van der Waals surface area contributed by atoms with E-state index in [1.165, 1.54) is 6.92 Å². The monoisotopic (exact) mass is 223 g/mol. The first kappa shape index (κ1) is 12.8. The molecule has 7 nitrogen and oxygen atoms in total. The van der Waals surface area contributed by atoms with Gasteiger partial charge in [0.05, 0.1) is 18.8 Å². The molecule has 4 N–H and O–H groups in total. The highest BCUT2D eigenvalue weighted by Gasteiger charge is 2.11. The van der Waals surface area contributed by atoms with E-state index in [-0.39, 0.29) is 12.3 Å². The molecule has 0 fully saturated rings. The highest BCUT2D eigenvalue weighted by atomic mass is 32.2. The van der Waals surface area contributed by atoms with E-state index in [0.717, 1.165) is 0 Å². The summed E-state index contributed by atoms with van der Waals surface area (Å²) in [6, 6.07) is 0. The van der Waals surface area contributed by atoms with Gasteiger partial charge in [0.15, 0.2) is 0 Å². The summed E-state index contributed by atoms with van der Waals surface area (Å²) >= 11 is 0. The molecule has 0 aliphatic carbocycles. The van der Waals surface area contributed by atoms with Crippen LogP contribution in [0.1, 0.15) is 6.92 Å². The minimum absolute atomic E-state index is 0.191. The van der Waals surface area contributed by atoms with Gasteiger partial charge in [-0.05, 0) is 6.92 Å². The number of nitrogens with two attached hydrogens (primary N) is 1. The van der Waals surface area contributed by atoms with E-state index in [0.29, 0.717) is 0 Å². The zero-order chi connectivity index (χ0) is 11.2. The van der Waals surface area contributed by atoms with Gasteiger partial charge in [-0.1, -0.05) is 0 Å². The Morgan fingerprint density at radius 1 is 1.29 bits per heavy atom. The van der Waals surface area contributed by atoms with Crippen LogP contribution in [0.2, 0.25) is 0 Å². The number of amides is 2. The van der Waals surface area contributed by atoms with Crippen molar-refractivity contribution in [3.8, 4) is 0 Å². The number of hydrogen-bond donors (Lipinski definition) is 3. The fraction of sp³-hybridized carbons (Fsp3) is 0.667. The highest BCUT2D eigenvalue weighted by molar-refractivity contribution is 7.90. The zero-order valence-electron chi connectivity index (χ0n) is 7.74. The molecule has 0 saturated carbocycles. The van der Waals surface area contributed by atoms with Gasteiger partial charge in [0.25, 0.3) is 5.91 Å². The van der Waals surface area contributed by atoms with Crippen molar-refractivity contribution in [2.24, 2.45) is 5.73 Å². The number of nitrogens with one attached hydrogen (secondary N) is 2. The molecule has 0 aliphatic rings. The van der Waals surface area contributed by atoms with Gasteiger partial charge >= 0.3 is 0 Å². The molecule has 8 heteroatoms. The van der Waals surface area contributed by atoms with Crippen LogP contribution >= 0.6 is 0 Å². The molecular weight excluding hydrogens is 210 g/mol. The van der Waals surface area contributed by atoms with Crippen LogP contribution in [0.5, 0.6) is 0 Å². The first-order chi connectivity index (χ1) is 6.41. The van der Waals surface area contributed by atoms with Crippen LogP contribution in [0.25, 0.3) is 0 Å². The summed E-state index contributed by atoms with van der Waals surface area (Å²) in [4.78, 5) is 21.5. The molecule has 0 bridgehead atoms. The average Bonchev–Trinajstić information content (AvgIpc) is 2.13. The quantitative estimate of drug-likeness (QED) is 0.477. The lowest BCUT2D eigenvalue weighted by molar-refractivity contribution is -0.124. The topological polar surface area (TPSA) is 118 Å². The van der Waals surface area contributed by atoms with E-state index in [4.69, 9.17) is 5.73 Å². The van der Waals surface area contributed by atoms with Crippen molar-refractivity contribution in [3.63, 3.8) is 0 Å². The second-order valence-electron chi connectivity index (χ2n) is 2.41. The second kappa shape index (κ2) is 5.55. The number of carbonyl (C=O) groups excluding carboxylic acids is 2. The molecule has 14 heavy (non-hydrogen) atoms. The molecule has 0 heterocycles. The van der Waals surface area contributed by atoms with Crippen LogP contribution < -0.4 is 15.8 Å². The van der Waals surface area contributed by atoms with E-state index in [1.54, 1.807) is 4.72 Å². The Bertz CT molecular complexity index is 311. The largest absolute Gasteiger partial charge is 0.346 e.